The quantitative estimate of drug-likeness (QED) is 0.538. The van der Waals surface area contributed by atoms with Crippen LogP contribution in [-0.4, -0.2) is 12.5 Å². The summed E-state index contributed by atoms with van der Waals surface area (Å²) in [6.07, 6.45) is 6.38. The molecule has 1 N–H and O–H groups in total. The SMILES string of the molecule is CCCCCCCOc1cccc(NC(=O)Cc2ccc(Cl)cc2)c1. The van der Waals surface area contributed by atoms with Crippen molar-refractivity contribution in [1.29, 1.82) is 0 Å². The number of hydrogen-bond donors (Lipinski definition) is 1. The number of nitrogens with one attached hydrogen (secondary N) is 1. The molecule has 2 rings (SSSR count). The summed E-state index contributed by atoms with van der Waals surface area (Å²) in [5.74, 6) is 0.735. The number of ether oxygens (including phenoxy) is 1. The Bertz CT molecular complexity index is 655. The van der Waals surface area contributed by atoms with E-state index in [4.69, 9.17) is 16.3 Å². The molecule has 0 aromatic heterocycles. The highest BCUT2D eigenvalue weighted by atomic mass is 35.5. The molecule has 0 spiro atoms. The minimum absolute atomic E-state index is 0.0564. The van der Waals surface area contributed by atoms with Gasteiger partial charge in [0.05, 0.1) is 13.0 Å². The number of amides is 1. The normalized spacial score (nSPS) is 10.5. The third-order valence-corrected chi connectivity index (χ3v) is 4.16. The number of carbonyl (C=O) groups is 1. The minimum atomic E-state index is -0.0564. The van der Waals surface area contributed by atoms with Gasteiger partial charge in [-0.15, -0.1) is 0 Å². The zero-order valence-electron chi connectivity index (χ0n) is 14.8. The molecule has 0 atom stereocenters. The van der Waals surface area contributed by atoms with Crippen LogP contribution in [0.5, 0.6) is 5.75 Å². The molecule has 0 saturated heterocycles. The summed E-state index contributed by atoms with van der Waals surface area (Å²) in [7, 11) is 0. The van der Waals surface area contributed by atoms with Gasteiger partial charge in [-0.2, -0.15) is 0 Å². The summed E-state index contributed by atoms with van der Waals surface area (Å²) in [4.78, 5) is 12.2. The van der Waals surface area contributed by atoms with Gasteiger partial charge in [0.15, 0.2) is 0 Å². The molecule has 4 heteroatoms. The molecule has 0 heterocycles. The van der Waals surface area contributed by atoms with Gasteiger partial charge < -0.3 is 10.1 Å². The first kappa shape index (κ1) is 19.3. The molecule has 0 saturated carbocycles. The van der Waals surface area contributed by atoms with E-state index >= 15 is 0 Å². The van der Waals surface area contributed by atoms with Gasteiger partial charge >= 0.3 is 0 Å². The number of benzene rings is 2. The van der Waals surface area contributed by atoms with Crippen molar-refractivity contribution in [3.8, 4) is 5.75 Å². The molecular weight excluding hydrogens is 334 g/mol. The topological polar surface area (TPSA) is 38.3 Å². The molecule has 25 heavy (non-hydrogen) atoms. The second-order valence-electron chi connectivity index (χ2n) is 6.14. The van der Waals surface area contributed by atoms with Crippen LogP contribution in [0.2, 0.25) is 5.02 Å². The first-order valence-corrected chi connectivity index (χ1v) is 9.32. The first-order valence-electron chi connectivity index (χ1n) is 8.94. The molecule has 0 unspecified atom stereocenters. The van der Waals surface area contributed by atoms with Crippen LogP contribution in [0.1, 0.15) is 44.6 Å². The summed E-state index contributed by atoms with van der Waals surface area (Å²) < 4.78 is 5.77. The number of hydrogen-bond acceptors (Lipinski definition) is 2. The minimum Gasteiger partial charge on any atom is -0.494 e. The standard InChI is InChI=1S/C21H26ClNO2/c1-2-3-4-5-6-14-25-20-9-7-8-19(16-20)23-21(24)15-17-10-12-18(22)13-11-17/h7-13,16H,2-6,14-15H2,1H3,(H,23,24). The Hall–Kier alpha value is -2.00. The fraction of sp³-hybridized carbons (Fsp3) is 0.381. The monoisotopic (exact) mass is 359 g/mol. The van der Waals surface area contributed by atoms with Crippen LogP contribution in [0.15, 0.2) is 48.5 Å². The number of halogens is 1. The second-order valence-corrected chi connectivity index (χ2v) is 6.58. The Kier molecular flexibility index (Phi) is 8.33. The Morgan fingerprint density at radius 2 is 1.80 bits per heavy atom. The number of rotatable bonds is 10. The molecular formula is C21H26ClNO2. The number of carbonyl (C=O) groups excluding carboxylic acids is 1. The van der Waals surface area contributed by atoms with Crippen LogP contribution in [-0.2, 0) is 11.2 Å². The van der Waals surface area contributed by atoms with Crippen molar-refractivity contribution < 1.29 is 9.53 Å². The van der Waals surface area contributed by atoms with Gasteiger partial charge in [0.2, 0.25) is 5.91 Å². The average molecular weight is 360 g/mol. The highest BCUT2D eigenvalue weighted by Crippen LogP contribution is 2.18. The Balaban J connectivity index is 1.78. The summed E-state index contributed by atoms with van der Waals surface area (Å²) in [5, 5.41) is 3.58. The molecule has 0 aliphatic carbocycles. The van der Waals surface area contributed by atoms with E-state index in [2.05, 4.69) is 12.2 Å². The maximum absolute atomic E-state index is 12.2. The fourth-order valence-corrected chi connectivity index (χ4v) is 2.68. The lowest BCUT2D eigenvalue weighted by molar-refractivity contribution is -0.115. The third-order valence-electron chi connectivity index (χ3n) is 3.91. The van der Waals surface area contributed by atoms with Crippen molar-refractivity contribution in [1.82, 2.24) is 0 Å². The van der Waals surface area contributed by atoms with Crippen LogP contribution >= 0.6 is 11.6 Å². The van der Waals surface area contributed by atoms with Gasteiger partial charge in [0.25, 0.3) is 0 Å². The summed E-state index contributed by atoms with van der Waals surface area (Å²) in [6.45, 7) is 2.93. The van der Waals surface area contributed by atoms with Gasteiger partial charge in [-0.25, -0.2) is 0 Å². The number of anilines is 1. The smallest absolute Gasteiger partial charge is 0.228 e. The maximum atomic E-state index is 12.2. The van der Waals surface area contributed by atoms with Crippen LogP contribution in [0.4, 0.5) is 5.69 Å². The molecule has 2 aromatic carbocycles. The van der Waals surface area contributed by atoms with Crippen molar-refractivity contribution in [2.45, 2.75) is 45.4 Å². The summed E-state index contributed by atoms with van der Waals surface area (Å²) in [6, 6.07) is 14.9. The Labute approximate surface area is 155 Å². The maximum Gasteiger partial charge on any atom is 0.228 e. The van der Waals surface area contributed by atoms with E-state index in [1.54, 1.807) is 12.1 Å². The number of unbranched alkanes of at least 4 members (excludes halogenated alkanes) is 4. The molecule has 1 amide bonds. The van der Waals surface area contributed by atoms with Crippen LogP contribution in [0.3, 0.4) is 0 Å². The predicted molar refractivity (Wildman–Crippen MR) is 104 cm³/mol. The molecule has 0 fully saturated rings. The van der Waals surface area contributed by atoms with Crippen molar-refractivity contribution in [2.24, 2.45) is 0 Å². The largest absolute Gasteiger partial charge is 0.494 e. The molecule has 0 aliphatic rings. The van der Waals surface area contributed by atoms with E-state index in [1.165, 1.54) is 25.7 Å². The van der Waals surface area contributed by atoms with Crippen molar-refractivity contribution in [3.63, 3.8) is 0 Å². The third kappa shape index (κ3) is 7.61. The highest BCUT2D eigenvalue weighted by Gasteiger charge is 2.05. The fourth-order valence-electron chi connectivity index (χ4n) is 2.55. The van der Waals surface area contributed by atoms with E-state index in [0.717, 1.165) is 23.4 Å². The summed E-state index contributed by atoms with van der Waals surface area (Å²) in [5.41, 5.74) is 1.68. The second kappa shape index (κ2) is 10.8. The van der Waals surface area contributed by atoms with Crippen LogP contribution in [0.25, 0.3) is 0 Å². The van der Waals surface area contributed by atoms with Crippen LogP contribution < -0.4 is 10.1 Å². The zero-order chi connectivity index (χ0) is 17.9. The average Bonchev–Trinajstić information content (AvgIpc) is 2.60. The van der Waals surface area contributed by atoms with E-state index in [1.807, 2.05) is 36.4 Å². The highest BCUT2D eigenvalue weighted by molar-refractivity contribution is 6.30. The predicted octanol–water partition coefficient (Wildman–Crippen LogP) is 5.87. The molecule has 0 bridgehead atoms. The van der Waals surface area contributed by atoms with Crippen molar-refractivity contribution in [2.75, 3.05) is 11.9 Å². The van der Waals surface area contributed by atoms with E-state index in [0.29, 0.717) is 18.1 Å². The van der Waals surface area contributed by atoms with E-state index < -0.39 is 0 Å². The Morgan fingerprint density at radius 1 is 1.04 bits per heavy atom. The molecule has 0 radical (unpaired) electrons. The zero-order valence-corrected chi connectivity index (χ0v) is 15.5. The van der Waals surface area contributed by atoms with Crippen molar-refractivity contribution >= 4 is 23.2 Å². The van der Waals surface area contributed by atoms with Gasteiger partial charge in [-0.3, -0.25) is 4.79 Å². The van der Waals surface area contributed by atoms with Crippen LogP contribution in [0, 0.1) is 0 Å². The molecule has 2 aromatic rings. The molecule has 134 valence electrons. The van der Waals surface area contributed by atoms with Crippen molar-refractivity contribution in [3.05, 3.63) is 59.1 Å². The molecule has 0 aliphatic heterocycles. The first-order chi connectivity index (χ1) is 12.2. The lowest BCUT2D eigenvalue weighted by Crippen LogP contribution is -2.14. The van der Waals surface area contributed by atoms with E-state index in [-0.39, 0.29) is 5.91 Å². The molecule has 3 nitrogen and oxygen atoms in total. The van der Waals surface area contributed by atoms with Gasteiger partial charge in [0.1, 0.15) is 5.75 Å². The Morgan fingerprint density at radius 3 is 2.56 bits per heavy atom. The van der Waals surface area contributed by atoms with Gasteiger partial charge in [0, 0.05) is 16.8 Å². The van der Waals surface area contributed by atoms with Gasteiger partial charge in [-0.05, 0) is 36.2 Å². The lowest BCUT2D eigenvalue weighted by Gasteiger charge is -2.09. The van der Waals surface area contributed by atoms with E-state index in [9.17, 15) is 4.79 Å². The lowest BCUT2D eigenvalue weighted by atomic mass is 10.1. The van der Waals surface area contributed by atoms with Gasteiger partial charge in [-0.1, -0.05) is 62.4 Å². The summed E-state index contributed by atoms with van der Waals surface area (Å²) >= 11 is 5.86.